The fourth-order valence-corrected chi connectivity index (χ4v) is 5.27. The second-order valence-electron chi connectivity index (χ2n) is 9.32. The number of phosphoric ester groups is 1. The van der Waals surface area contributed by atoms with E-state index in [0.717, 1.165) is 17.7 Å². The van der Waals surface area contributed by atoms with Gasteiger partial charge in [-0.05, 0) is 6.07 Å². The van der Waals surface area contributed by atoms with Crippen molar-refractivity contribution in [3.63, 3.8) is 0 Å². The molecular weight excluding hydrogens is 583 g/mol. The SMILES string of the molecule is CC(=O)NC1C(O)CC(OP(=O)(O)OC[C@H]2O[C@@H](n3ccc(N)nc3=O)[C@H](O)[C@@H]2O)(C(=O)O)OC1C(O)C(O)CO. The highest BCUT2D eigenvalue weighted by atomic mass is 31.2. The first-order valence-electron chi connectivity index (χ1n) is 11.9. The van der Waals surface area contributed by atoms with Gasteiger partial charge in [0.25, 0.3) is 5.79 Å². The normalized spacial score (nSPS) is 34.9. The molecule has 2 aliphatic heterocycles. The van der Waals surface area contributed by atoms with E-state index in [9.17, 15) is 59.6 Å². The zero-order valence-corrected chi connectivity index (χ0v) is 22.1. The van der Waals surface area contributed by atoms with Crippen molar-refractivity contribution in [1.82, 2.24) is 14.9 Å². The Hall–Kier alpha value is -2.59. The summed E-state index contributed by atoms with van der Waals surface area (Å²) < 4.78 is 33.7. The van der Waals surface area contributed by atoms with Crippen LogP contribution >= 0.6 is 7.82 Å². The number of aliphatic hydroxyl groups is 6. The number of hydrogen-bond donors (Lipinski definition) is 10. The molecule has 2 saturated heterocycles. The molecule has 2 aliphatic rings. The summed E-state index contributed by atoms with van der Waals surface area (Å²) in [5, 5.41) is 72.7. The molecule has 0 bridgehead atoms. The largest absolute Gasteiger partial charge is 0.477 e. The van der Waals surface area contributed by atoms with Crippen LogP contribution in [0.15, 0.2) is 17.1 Å². The van der Waals surface area contributed by atoms with Crippen molar-refractivity contribution in [2.24, 2.45) is 0 Å². The highest BCUT2D eigenvalue weighted by Crippen LogP contribution is 2.51. The van der Waals surface area contributed by atoms with Gasteiger partial charge in [0.2, 0.25) is 5.91 Å². The van der Waals surface area contributed by atoms with Gasteiger partial charge in [-0.25, -0.2) is 18.7 Å². The molecular formula is C20H31N4O16P. The van der Waals surface area contributed by atoms with Crippen molar-refractivity contribution < 1.29 is 73.3 Å². The van der Waals surface area contributed by atoms with Crippen molar-refractivity contribution >= 4 is 25.5 Å². The lowest BCUT2D eigenvalue weighted by Gasteiger charge is -2.46. The number of ether oxygens (including phenoxy) is 2. The van der Waals surface area contributed by atoms with E-state index in [1.165, 1.54) is 6.07 Å². The van der Waals surface area contributed by atoms with E-state index in [2.05, 4.69) is 10.3 Å². The van der Waals surface area contributed by atoms with E-state index in [0.29, 0.717) is 0 Å². The Morgan fingerprint density at radius 3 is 2.54 bits per heavy atom. The van der Waals surface area contributed by atoms with E-state index in [-0.39, 0.29) is 5.82 Å². The third-order valence-electron chi connectivity index (χ3n) is 6.31. The van der Waals surface area contributed by atoms with Gasteiger partial charge < -0.3 is 61.2 Å². The van der Waals surface area contributed by atoms with Crippen LogP contribution in [0.2, 0.25) is 0 Å². The summed E-state index contributed by atoms with van der Waals surface area (Å²) in [4.78, 5) is 49.6. The minimum atomic E-state index is -5.52. The van der Waals surface area contributed by atoms with E-state index < -0.39 is 106 Å². The van der Waals surface area contributed by atoms with Crippen LogP contribution in [0.3, 0.4) is 0 Å². The molecule has 0 saturated carbocycles. The molecule has 41 heavy (non-hydrogen) atoms. The number of carboxylic acid groups (broad SMARTS) is 1. The van der Waals surface area contributed by atoms with Crippen LogP contribution in [0.25, 0.3) is 0 Å². The van der Waals surface area contributed by atoms with Gasteiger partial charge in [0, 0.05) is 19.5 Å². The fourth-order valence-electron chi connectivity index (χ4n) is 4.32. The molecule has 232 valence electrons. The molecule has 3 heterocycles. The zero-order chi connectivity index (χ0) is 30.9. The molecule has 1 aromatic heterocycles. The lowest BCUT2D eigenvalue weighted by atomic mass is 9.88. The average molecular weight is 614 g/mol. The monoisotopic (exact) mass is 614 g/mol. The van der Waals surface area contributed by atoms with Crippen LogP contribution in [-0.4, -0.2) is 130 Å². The lowest BCUT2D eigenvalue weighted by Crippen LogP contribution is -2.67. The predicted octanol–water partition coefficient (Wildman–Crippen LogP) is -5.27. The number of anilines is 1. The first-order valence-corrected chi connectivity index (χ1v) is 13.4. The van der Waals surface area contributed by atoms with E-state index in [1.807, 2.05) is 0 Å². The second-order valence-corrected chi connectivity index (χ2v) is 10.7. The number of nitrogens with two attached hydrogens (primary N) is 1. The number of aliphatic carboxylic acids is 1. The third kappa shape index (κ3) is 7.25. The van der Waals surface area contributed by atoms with E-state index in [4.69, 9.17) is 24.3 Å². The van der Waals surface area contributed by atoms with Crippen LogP contribution in [0, 0.1) is 0 Å². The topological polar surface area (TPSA) is 323 Å². The predicted molar refractivity (Wildman–Crippen MR) is 128 cm³/mol. The molecule has 1 aromatic rings. The van der Waals surface area contributed by atoms with Crippen molar-refractivity contribution in [1.29, 1.82) is 0 Å². The maximum Gasteiger partial charge on any atom is 0.475 e. The van der Waals surface area contributed by atoms with Gasteiger partial charge in [0.15, 0.2) is 6.23 Å². The Bertz CT molecular complexity index is 1220. The summed E-state index contributed by atoms with van der Waals surface area (Å²) >= 11 is 0. The quantitative estimate of drug-likeness (QED) is 0.104. The first-order chi connectivity index (χ1) is 19.0. The number of phosphoric acid groups is 1. The van der Waals surface area contributed by atoms with Crippen LogP contribution in [-0.2, 0) is 32.7 Å². The number of carbonyl (C=O) groups is 2. The standard InChI is InChI=1S/C20H31N4O16P/c1-7(26)22-12-8(27)4-20(18(32)33,39-16(12)13(29)9(28)5-25)40-41(35,36)37-6-10-14(30)15(31)17(38-10)24-3-2-11(21)23-19(24)34/h2-3,8-10,12-17,25,27-31H,4-6H2,1H3,(H,22,26)(H,32,33)(H,35,36)(H2,21,23,34)/t8?,9?,10-,12?,13?,14-,15-,16?,17-,20?/m1/s1. The lowest BCUT2D eigenvalue weighted by molar-refractivity contribution is -0.289. The van der Waals surface area contributed by atoms with Crippen LogP contribution in [0.4, 0.5) is 5.82 Å². The Balaban J connectivity index is 1.79. The van der Waals surface area contributed by atoms with Gasteiger partial charge in [-0.15, -0.1) is 0 Å². The molecule has 11 N–H and O–H groups in total. The van der Waals surface area contributed by atoms with Crippen molar-refractivity contribution in [3.8, 4) is 0 Å². The van der Waals surface area contributed by atoms with Crippen LogP contribution in [0.5, 0.6) is 0 Å². The zero-order valence-electron chi connectivity index (χ0n) is 21.2. The number of nitrogens with one attached hydrogen (secondary N) is 1. The Morgan fingerprint density at radius 1 is 1.32 bits per heavy atom. The second kappa shape index (κ2) is 12.7. The Labute approximate surface area is 230 Å². The minimum absolute atomic E-state index is 0.135. The highest BCUT2D eigenvalue weighted by Gasteiger charge is 2.59. The van der Waals surface area contributed by atoms with Crippen LogP contribution < -0.4 is 16.7 Å². The van der Waals surface area contributed by atoms with Gasteiger partial charge in [0.05, 0.1) is 25.4 Å². The third-order valence-corrected chi connectivity index (χ3v) is 7.32. The molecule has 1 amide bonds. The average Bonchev–Trinajstić information content (AvgIpc) is 3.16. The summed E-state index contributed by atoms with van der Waals surface area (Å²) in [5.41, 5.74) is 4.46. The molecule has 2 fully saturated rings. The molecule has 0 radical (unpaired) electrons. The van der Waals surface area contributed by atoms with Crippen molar-refractivity contribution in [2.45, 2.75) is 74.1 Å². The highest BCUT2D eigenvalue weighted by molar-refractivity contribution is 7.47. The minimum Gasteiger partial charge on any atom is -0.477 e. The summed E-state index contributed by atoms with van der Waals surface area (Å²) in [5.74, 6) is -6.20. The molecule has 21 heteroatoms. The van der Waals surface area contributed by atoms with Gasteiger partial charge in [0.1, 0.15) is 42.4 Å². The molecule has 3 rings (SSSR count). The number of nitrogen functional groups attached to an aromatic ring is 1. The number of rotatable bonds is 11. The van der Waals surface area contributed by atoms with E-state index >= 15 is 0 Å². The molecule has 0 aromatic carbocycles. The summed E-state index contributed by atoms with van der Waals surface area (Å²) in [6.45, 7) is -1.05. The Kier molecular flexibility index (Phi) is 10.2. The number of aliphatic hydroxyl groups excluding tert-OH is 6. The molecule has 7 unspecified atom stereocenters. The van der Waals surface area contributed by atoms with Crippen LogP contribution in [0.1, 0.15) is 19.6 Å². The number of carbonyl (C=O) groups excluding carboxylic acids is 1. The molecule has 20 nitrogen and oxygen atoms in total. The number of carboxylic acids is 1. The smallest absolute Gasteiger partial charge is 0.475 e. The molecule has 11 atom stereocenters. The number of amides is 1. The number of hydrogen-bond acceptors (Lipinski definition) is 16. The maximum absolute atomic E-state index is 12.8. The summed E-state index contributed by atoms with van der Waals surface area (Å²) in [6, 6.07) is -0.362. The number of nitrogens with zero attached hydrogens (tertiary/aromatic N) is 2. The van der Waals surface area contributed by atoms with Crippen molar-refractivity contribution in [3.05, 3.63) is 22.7 Å². The van der Waals surface area contributed by atoms with E-state index in [1.54, 1.807) is 0 Å². The Morgan fingerprint density at radius 2 is 1.98 bits per heavy atom. The summed E-state index contributed by atoms with van der Waals surface area (Å²) in [6.07, 6.45) is -14.6. The number of aromatic nitrogens is 2. The van der Waals surface area contributed by atoms with Gasteiger partial charge in [-0.1, -0.05) is 0 Å². The fraction of sp³-hybridized carbons (Fsp3) is 0.700. The first kappa shape index (κ1) is 32.9. The van der Waals surface area contributed by atoms with Gasteiger partial charge >= 0.3 is 19.5 Å². The summed E-state index contributed by atoms with van der Waals surface area (Å²) in [7, 11) is -5.52. The van der Waals surface area contributed by atoms with Gasteiger partial charge in [-0.3, -0.25) is 13.9 Å². The van der Waals surface area contributed by atoms with Crippen molar-refractivity contribution in [2.75, 3.05) is 18.9 Å². The molecule has 0 spiro atoms. The molecule has 0 aliphatic carbocycles. The maximum atomic E-state index is 12.8. The van der Waals surface area contributed by atoms with Gasteiger partial charge in [-0.2, -0.15) is 4.98 Å².